The van der Waals surface area contributed by atoms with Crippen LogP contribution in [-0.2, 0) is 39.1 Å². The van der Waals surface area contributed by atoms with Crippen LogP contribution in [0.2, 0.25) is 0 Å². The fourth-order valence-electron chi connectivity index (χ4n) is 3.82. The van der Waals surface area contributed by atoms with Gasteiger partial charge in [-0.15, -0.1) is 0 Å². The van der Waals surface area contributed by atoms with Gasteiger partial charge in [0.2, 0.25) is 10.0 Å². The number of para-hydroxylation sites is 1. The van der Waals surface area contributed by atoms with Crippen molar-refractivity contribution in [3.05, 3.63) is 83.8 Å². The van der Waals surface area contributed by atoms with E-state index >= 15 is 0 Å². The zero-order valence-electron chi connectivity index (χ0n) is 18.9. The number of carbonyl (C=O) groups excluding carboxylic acids is 1. The third-order valence-corrected chi connectivity index (χ3v) is 6.49. The third kappa shape index (κ3) is 4.95. The van der Waals surface area contributed by atoms with E-state index in [2.05, 4.69) is 4.98 Å². The number of fused-ring (bicyclic) bond motifs is 1. The van der Waals surface area contributed by atoms with Crippen LogP contribution in [0.15, 0.2) is 67.0 Å². The molecule has 0 saturated heterocycles. The Hall–Kier alpha value is -3.69. The van der Waals surface area contributed by atoms with Crippen molar-refractivity contribution < 1.29 is 22.7 Å². The summed E-state index contributed by atoms with van der Waals surface area (Å²) in [5.74, 6) is 0.196. The number of nitrogens with two attached hydrogens (primary N) is 1. The van der Waals surface area contributed by atoms with Crippen molar-refractivity contribution in [3.63, 3.8) is 0 Å². The molecular weight excluding hydrogens is 454 g/mol. The SMILES string of the molecule is COC(=O)Cc1ccccc1OCc1cc(-c2ccnc(CN)c2)c2ccn(S(C)(=O)=O)c2c1. The summed E-state index contributed by atoms with van der Waals surface area (Å²) in [6.07, 6.45) is 4.48. The molecule has 4 rings (SSSR count). The number of benzene rings is 2. The van der Waals surface area contributed by atoms with Gasteiger partial charge in [-0.2, -0.15) is 0 Å². The number of pyridine rings is 1. The van der Waals surface area contributed by atoms with Crippen LogP contribution in [0.1, 0.15) is 16.8 Å². The maximum Gasteiger partial charge on any atom is 0.310 e. The molecule has 0 spiro atoms. The average Bonchev–Trinajstić information content (AvgIpc) is 3.27. The fourth-order valence-corrected chi connectivity index (χ4v) is 4.61. The van der Waals surface area contributed by atoms with E-state index in [1.807, 2.05) is 30.3 Å². The first-order valence-corrected chi connectivity index (χ1v) is 12.4. The highest BCUT2D eigenvalue weighted by atomic mass is 32.2. The standard InChI is InChI=1S/C25H25N3O5S/c1-32-25(29)14-19-5-3-4-6-24(19)33-16-17-11-22(18-7-9-27-20(13-18)15-26)21-8-10-28(23(21)12-17)34(2,30)31/h3-13H,14-16,26H2,1-2H3. The number of hydrogen-bond acceptors (Lipinski definition) is 7. The third-order valence-electron chi connectivity index (χ3n) is 5.46. The molecule has 0 atom stereocenters. The summed E-state index contributed by atoms with van der Waals surface area (Å²) in [5.41, 5.74) is 10.2. The molecule has 0 amide bonds. The molecule has 9 heteroatoms. The molecule has 4 aromatic rings. The first kappa shape index (κ1) is 23.5. The molecule has 2 heterocycles. The van der Waals surface area contributed by atoms with Crippen LogP contribution in [0.25, 0.3) is 22.0 Å². The van der Waals surface area contributed by atoms with Gasteiger partial charge in [-0.3, -0.25) is 9.78 Å². The largest absolute Gasteiger partial charge is 0.489 e. The summed E-state index contributed by atoms with van der Waals surface area (Å²) in [5, 5.41) is 0.787. The summed E-state index contributed by atoms with van der Waals surface area (Å²) in [6.45, 7) is 0.464. The van der Waals surface area contributed by atoms with E-state index in [9.17, 15) is 13.2 Å². The minimum absolute atomic E-state index is 0.0900. The number of nitrogens with zero attached hydrogens (tertiary/aromatic N) is 2. The Morgan fingerprint density at radius 3 is 2.65 bits per heavy atom. The second-order valence-electron chi connectivity index (χ2n) is 7.84. The predicted octanol–water partition coefficient (Wildman–Crippen LogP) is 3.26. The van der Waals surface area contributed by atoms with Gasteiger partial charge >= 0.3 is 5.97 Å². The fraction of sp³-hybridized carbons (Fsp3) is 0.200. The van der Waals surface area contributed by atoms with Gasteiger partial charge in [0.1, 0.15) is 12.4 Å². The maximum atomic E-state index is 12.4. The predicted molar refractivity (Wildman–Crippen MR) is 130 cm³/mol. The second-order valence-corrected chi connectivity index (χ2v) is 9.70. The molecule has 0 aliphatic heterocycles. The molecule has 34 heavy (non-hydrogen) atoms. The lowest BCUT2D eigenvalue weighted by molar-refractivity contribution is -0.139. The minimum Gasteiger partial charge on any atom is -0.489 e. The van der Waals surface area contributed by atoms with E-state index < -0.39 is 10.0 Å². The molecule has 0 saturated carbocycles. The van der Waals surface area contributed by atoms with Crippen molar-refractivity contribution in [2.24, 2.45) is 5.73 Å². The molecule has 0 unspecified atom stereocenters. The summed E-state index contributed by atoms with van der Waals surface area (Å²) in [4.78, 5) is 16.0. The molecule has 8 nitrogen and oxygen atoms in total. The Kier molecular flexibility index (Phi) is 6.67. The molecule has 0 aliphatic carbocycles. The van der Waals surface area contributed by atoms with Gasteiger partial charge in [-0.05, 0) is 53.1 Å². The van der Waals surface area contributed by atoms with Gasteiger partial charge < -0.3 is 15.2 Å². The van der Waals surface area contributed by atoms with Gasteiger partial charge in [-0.1, -0.05) is 18.2 Å². The van der Waals surface area contributed by atoms with Crippen LogP contribution in [0, 0.1) is 0 Å². The lowest BCUT2D eigenvalue weighted by atomic mass is 9.99. The van der Waals surface area contributed by atoms with Gasteiger partial charge in [0.25, 0.3) is 0 Å². The monoisotopic (exact) mass is 479 g/mol. The van der Waals surface area contributed by atoms with Gasteiger partial charge in [0.15, 0.2) is 0 Å². The van der Waals surface area contributed by atoms with Gasteiger partial charge in [-0.25, -0.2) is 12.4 Å². The molecule has 0 bridgehead atoms. The number of esters is 1. The second kappa shape index (κ2) is 9.66. The Morgan fingerprint density at radius 2 is 1.91 bits per heavy atom. The van der Waals surface area contributed by atoms with Crippen LogP contribution in [0.5, 0.6) is 5.75 Å². The number of rotatable bonds is 8. The molecule has 176 valence electrons. The van der Waals surface area contributed by atoms with E-state index in [4.69, 9.17) is 15.2 Å². The summed E-state index contributed by atoms with van der Waals surface area (Å²) < 4.78 is 36.9. The number of methoxy groups -OCH3 is 1. The summed E-state index contributed by atoms with van der Waals surface area (Å²) in [6, 6.07) is 16.5. The quantitative estimate of drug-likeness (QED) is 0.386. The van der Waals surface area contributed by atoms with E-state index in [0.29, 0.717) is 23.4 Å². The van der Waals surface area contributed by atoms with Crippen LogP contribution in [-0.4, -0.2) is 36.7 Å². The molecule has 2 N–H and O–H groups in total. The maximum absolute atomic E-state index is 12.4. The first-order chi connectivity index (χ1) is 16.3. The summed E-state index contributed by atoms with van der Waals surface area (Å²) >= 11 is 0. The Bertz CT molecular complexity index is 1460. The average molecular weight is 480 g/mol. The van der Waals surface area contributed by atoms with Crippen molar-refractivity contribution >= 4 is 26.9 Å². The lowest BCUT2D eigenvalue weighted by Crippen LogP contribution is -2.09. The highest BCUT2D eigenvalue weighted by Gasteiger charge is 2.16. The van der Waals surface area contributed by atoms with E-state index in [0.717, 1.165) is 34.0 Å². The number of ether oxygens (including phenoxy) is 2. The molecule has 2 aromatic carbocycles. The minimum atomic E-state index is -3.51. The zero-order chi connectivity index (χ0) is 24.3. The smallest absolute Gasteiger partial charge is 0.310 e. The molecular formula is C25H25N3O5S. The van der Waals surface area contributed by atoms with Crippen LogP contribution in [0.4, 0.5) is 0 Å². The molecule has 0 radical (unpaired) electrons. The molecule has 2 aromatic heterocycles. The lowest BCUT2D eigenvalue weighted by Gasteiger charge is -2.14. The van der Waals surface area contributed by atoms with Crippen molar-refractivity contribution in [1.82, 2.24) is 8.96 Å². The number of hydrogen-bond donors (Lipinski definition) is 1. The number of carbonyl (C=O) groups is 1. The normalized spacial score (nSPS) is 11.5. The van der Waals surface area contributed by atoms with Crippen molar-refractivity contribution in [2.45, 2.75) is 19.6 Å². The first-order valence-electron chi connectivity index (χ1n) is 10.6. The van der Waals surface area contributed by atoms with Crippen LogP contribution in [0.3, 0.4) is 0 Å². The van der Waals surface area contributed by atoms with Crippen molar-refractivity contribution in [1.29, 1.82) is 0 Å². The topological polar surface area (TPSA) is 114 Å². The Balaban J connectivity index is 1.77. The van der Waals surface area contributed by atoms with E-state index in [1.54, 1.807) is 36.7 Å². The van der Waals surface area contributed by atoms with Gasteiger partial charge in [0, 0.05) is 29.9 Å². The Labute approximate surface area is 198 Å². The zero-order valence-corrected chi connectivity index (χ0v) is 19.7. The van der Waals surface area contributed by atoms with Crippen molar-refractivity contribution in [2.75, 3.05) is 13.4 Å². The highest BCUT2D eigenvalue weighted by Crippen LogP contribution is 2.32. The van der Waals surface area contributed by atoms with E-state index in [-0.39, 0.29) is 19.0 Å². The highest BCUT2D eigenvalue weighted by molar-refractivity contribution is 7.89. The number of aromatic nitrogens is 2. The van der Waals surface area contributed by atoms with E-state index in [1.165, 1.54) is 11.1 Å². The summed E-state index contributed by atoms with van der Waals surface area (Å²) in [7, 11) is -2.17. The van der Waals surface area contributed by atoms with Crippen LogP contribution >= 0.6 is 0 Å². The van der Waals surface area contributed by atoms with Crippen LogP contribution < -0.4 is 10.5 Å². The van der Waals surface area contributed by atoms with Crippen molar-refractivity contribution in [3.8, 4) is 16.9 Å². The Morgan fingerprint density at radius 1 is 1.12 bits per heavy atom. The van der Waals surface area contributed by atoms with Gasteiger partial charge in [0.05, 0.1) is 31.0 Å². The molecule has 0 aliphatic rings. The molecule has 0 fully saturated rings.